The highest BCUT2D eigenvalue weighted by atomic mass is 16.5. The molecule has 0 bridgehead atoms. The molecule has 1 aromatic heterocycles. The van der Waals surface area contributed by atoms with E-state index in [1.807, 2.05) is 37.3 Å². The Hall–Kier alpha value is -3.53. The normalized spacial score (nSPS) is 16.5. The maximum absolute atomic E-state index is 12.5. The van der Waals surface area contributed by atoms with Gasteiger partial charge in [-0.25, -0.2) is 0 Å². The number of pyridine rings is 1. The van der Waals surface area contributed by atoms with Crippen LogP contribution in [-0.4, -0.2) is 70.2 Å². The molecule has 5 N–H and O–H groups in total. The molecule has 2 aromatic carbocycles. The molecule has 9 nitrogen and oxygen atoms in total. The zero-order chi connectivity index (χ0) is 25.9. The fourth-order valence-electron chi connectivity index (χ4n) is 4.78. The Morgan fingerprint density at radius 2 is 1.78 bits per heavy atom. The molecule has 1 aliphatic heterocycles. The third-order valence-corrected chi connectivity index (χ3v) is 6.84. The van der Waals surface area contributed by atoms with Crippen LogP contribution in [0.4, 0.5) is 0 Å². The molecule has 36 heavy (non-hydrogen) atoms. The van der Waals surface area contributed by atoms with Crippen LogP contribution in [0.5, 0.6) is 5.75 Å². The number of aromatic nitrogens is 1. The van der Waals surface area contributed by atoms with Crippen LogP contribution in [0.25, 0.3) is 10.9 Å². The number of aryl methyl sites for hydroxylation is 1. The van der Waals surface area contributed by atoms with Crippen molar-refractivity contribution in [2.24, 2.45) is 11.5 Å². The van der Waals surface area contributed by atoms with Gasteiger partial charge in [0.2, 0.25) is 11.6 Å². The standard InChI is InChI=1S/C27H33N5O4/c1-3-31-10-12-32(13-11-31)27(35,26(29)34)16-19-15-21(8-9-23(19)25(28)33)36-17-20-14-18(2)30-24-7-5-4-6-22(20)24/h4-9,14-15,35H,3,10-13,16-17H2,1-2H3,(H2,28,33)(H2,29,34)/t27-/m0/s1. The molecular weight excluding hydrogens is 458 g/mol. The van der Waals surface area contributed by atoms with Crippen LogP contribution in [0.2, 0.25) is 0 Å². The van der Waals surface area contributed by atoms with Gasteiger partial charge in [-0.2, -0.15) is 0 Å². The second-order valence-corrected chi connectivity index (χ2v) is 9.19. The van der Waals surface area contributed by atoms with E-state index in [2.05, 4.69) is 16.8 Å². The van der Waals surface area contributed by atoms with Gasteiger partial charge in [0.05, 0.1) is 5.52 Å². The van der Waals surface area contributed by atoms with Crippen molar-refractivity contribution in [1.29, 1.82) is 0 Å². The minimum atomic E-state index is -1.96. The first-order valence-corrected chi connectivity index (χ1v) is 12.1. The van der Waals surface area contributed by atoms with Gasteiger partial charge in [0.25, 0.3) is 5.91 Å². The molecule has 1 saturated heterocycles. The number of ether oxygens (including phenoxy) is 1. The molecule has 0 unspecified atom stereocenters. The zero-order valence-electron chi connectivity index (χ0n) is 20.7. The summed E-state index contributed by atoms with van der Waals surface area (Å²) in [6.45, 7) is 7.53. The third kappa shape index (κ3) is 5.33. The Morgan fingerprint density at radius 1 is 1.06 bits per heavy atom. The summed E-state index contributed by atoms with van der Waals surface area (Å²) < 4.78 is 6.08. The van der Waals surface area contributed by atoms with Crippen LogP contribution in [0, 0.1) is 6.92 Å². The number of nitrogens with zero attached hydrogens (tertiary/aromatic N) is 3. The van der Waals surface area contributed by atoms with E-state index in [1.165, 1.54) is 0 Å². The first-order valence-electron chi connectivity index (χ1n) is 12.1. The van der Waals surface area contributed by atoms with Crippen molar-refractivity contribution in [2.75, 3.05) is 32.7 Å². The number of piperazine rings is 1. The fraction of sp³-hybridized carbons (Fsp3) is 0.370. The minimum absolute atomic E-state index is 0.179. The molecule has 2 heterocycles. The van der Waals surface area contributed by atoms with Crippen LogP contribution in [-0.2, 0) is 17.8 Å². The first-order chi connectivity index (χ1) is 17.2. The van der Waals surface area contributed by atoms with Gasteiger partial charge in [0.15, 0.2) is 0 Å². The Kier molecular flexibility index (Phi) is 7.53. The van der Waals surface area contributed by atoms with E-state index in [0.29, 0.717) is 37.5 Å². The molecule has 190 valence electrons. The Morgan fingerprint density at radius 3 is 2.44 bits per heavy atom. The second-order valence-electron chi connectivity index (χ2n) is 9.19. The molecule has 1 atom stereocenters. The maximum atomic E-state index is 12.5. The van der Waals surface area contributed by atoms with Crippen LogP contribution >= 0.6 is 0 Å². The molecule has 0 aliphatic carbocycles. The predicted molar refractivity (Wildman–Crippen MR) is 137 cm³/mol. The van der Waals surface area contributed by atoms with Gasteiger partial charge in [-0.3, -0.25) is 19.5 Å². The average molecular weight is 492 g/mol. The molecular formula is C27H33N5O4. The van der Waals surface area contributed by atoms with Gasteiger partial charge in [-0.05, 0) is 49.4 Å². The summed E-state index contributed by atoms with van der Waals surface area (Å²) in [6.07, 6.45) is -0.179. The van der Waals surface area contributed by atoms with Crippen LogP contribution in [0.3, 0.4) is 0 Å². The summed E-state index contributed by atoms with van der Waals surface area (Å²) in [7, 11) is 0. The van der Waals surface area contributed by atoms with Gasteiger partial charge < -0.3 is 26.2 Å². The maximum Gasteiger partial charge on any atom is 0.265 e. The number of benzene rings is 2. The number of carbonyl (C=O) groups is 2. The van der Waals surface area contributed by atoms with E-state index in [9.17, 15) is 14.7 Å². The summed E-state index contributed by atoms with van der Waals surface area (Å²) in [5, 5.41) is 12.4. The van der Waals surface area contributed by atoms with Crippen molar-refractivity contribution in [3.63, 3.8) is 0 Å². The number of primary amides is 2. The summed E-state index contributed by atoms with van der Waals surface area (Å²) in [6, 6.07) is 14.7. The highest BCUT2D eigenvalue weighted by Crippen LogP contribution is 2.27. The van der Waals surface area contributed by atoms with Crippen molar-refractivity contribution < 1.29 is 19.4 Å². The molecule has 3 aromatic rings. The van der Waals surface area contributed by atoms with Crippen LogP contribution in [0.15, 0.2) is 48.5 Å². The van der Waals surface area contributed by atoms with E-state index < -0.39 is 17.5 Å². The van der Waals surface area contributed by atoms with Crippen LogP contribution in [0.1, 0.15) is 34.1 Å². The minimum Gasteiger partial charge on any atom is -0.489 e. The first kappa shape index (κ1) is 25.6. The lowest BCUT2D eigenvalue weighted by Crippen LogP contribution is -2.63. The van der Waals surface area contributed by atoms with E-state index >= 15 is 0 Å². The number of carbonyl (C=O) groups excluding carboxylic acids is 2. The van der Waals surface area contributed by atoms with Gasteiger partial charge in [0, 0.05) is 54.8 Å². The highest BCUT2D eigenvalue weighted by Gasteiger charge is 2.42. The smallest absolute Gasteiger partial charge is 0.265 e. The largest absolute Gasteiger partial charge is 0.489 e. The number of aliphatic hydroxyl groups is 1. The lowest BCUT2D eigenvalue weighted by Gasteiger charge is -2.42. The predicted octanol–water partition coefficient (Wildman–Crippen LogP) is 1.58. The molecule has 0 saturated carbocycles. The molecule has 9 heteroatoms. The Labute approximate surface area is 210 Å². The molecule has 2 amide bonds. The van der Waals surface area contributed by atoms with Gasteiger partial charge in [-0.1, -0.05) is 25.1 Å². The number of hydrogen-bond donors (Lipinski definition) is 3. The van der Waals surface area contributed by atoms with Crippen LogP contribution < -0.4 is 16.2 Å². The SMILES string of the molecule is CCN1CCN([C@](O)(Cc2cc(OCc3cc(C)nc4ccccc34)ccc2C(N)=O)C(N)=O)CC1. The van der Waals surface area contributed by atoms with E-state index in [1.54, 1.807) is 23.1 Å². The Bertz CT molecular complexity index is 1270. The second kappa shape index (κ2) is 10.6. The summed E-state index contributed by atoms with van der Waals surface area (Å²) in [5.74, 6) is -1.04. The number of para-hydroxylation sites is 1. The van der Waals surface area contributed by atoms with Gasteiger partial charge >= 0.3 is 0 Å². The zero-order valence-corrected chi connectivity index (χ0v) is 20.7. The lowest BCUT2D eigenvalue weighted by atomic mass is 9.94. The monoisotopic (exact) mass is 491 g/mol. The molecule has 1 fully saturated rings. The number of rotatable bonds is 9. The Balaban J connectivity index is 1.60. The lowest BCUT2D eigenvalue weighted by molar-refractivity contribution is -0.164. The van der Waals surface area contributed by atoms with E-state index in [0.717, 1.165) is 28.7 Å². The van der Waals surface area contributed by atoms with Crippen molar-refractivity contribution >= 4 is 22.7 Å². The van der Waals surface area contributed by atoms with E-state index in [-0.39, 0.29) is 18.6 Å². The number of nitrogens with two attached hydrogens (primary N) is 2. The third-order valence-electron chi connectivity index (χ3n) is 6.84. The number of likely N-dealkylation sites (N-methyl/N-ethyl adjacent to an activating group) is 1. The summed E-state index contributed by atoms with van der Waals surface area (Å²) in [5.41, 5.74) is 12.7. The summed E-state index contributed by atoms with van der Waals surface area (Å²) in [4.78, 5) is 33.1. The highest BCUT2D eigenvalue weighted by molar-refractivity contribution is 5.95. The van der Waals surface area contributed by atoms with Crippen molar-refractivity contribution in [3.8, 4) is 5.75 Å². The number of fused-ring (bicyclic) bond motifs is 1. The molecule has 0 radical (unpaired) electrons. The molecule has 4 rings (SSSR count). The quantitative estimate of drug-likeness (QED) is 0.414. The fourth-order valence-corrected chi connectivity index (χ4v) is 4.78. The van der Waals surface area contributed by atoms with E-state index in [4.69, 9.17) is 16.2 Å². The number of amides is 2. The molecule has 0 spiro atoms. The topological polar surface area (TPSA) is 135 Å². The van der Waals surface area contributed by atoms with Crippen molar-refractivity contribution in [2.45, 2.75) is 32.6 Å². The summed E-state index contributed by atoms with van der Waals surface area (Å²) >= 11 is 0. The average Bonchev–Trinajstić information content (AvgIpc) is 2.87. The number of hydrogen-bond acceptors (Lipinski definition) is 7. The van der Waals surface area contributed by atoms with Crippen molar-refractivity contribution in [3.05, 3.63) is 70.9 Å². The molecule has 1 aliphatic rings. The van der Waals surface area contributed by atoms with Gasteiger partial charge in [-0.15, -0.1) is 0 Å². The van der Waals surface area contributed by atoms with Gasteiger partial charge in [0.1, 0.15) is 12.4 Å². The van der Waals surface area contributed by atoms with Crippen molar-refractivity contribution in [1.82, 2.24) is 14.8 Å².